The zero-order valence-corrected chi connectivity index (χ0v) is 24.1. The van der Waals surface area contributed by atoms with Gasteiger partial charge in [-0.15, -0.1) is 0 Å². The van der Waals surface area contributed by atoms with Crippen molar-refractivity contribution < 1.29 is 4.42 Å². The molecule has 0 unspecified atom stereocenters. The highest BCUT2D eigenvalue weighted by atomic mass is 16.3. The van der Waals surface area contributed by atoms with Crippen LogP contribution in [0.4, 0.5) is 0 Å². The van der Waals surface area contributed by atoms with Crippen LogP contribution in [0.25, 0.3) is 56.1 Å². The lowest BCUT2D eigenvalue weighted by Crippen LogP contribution is -2.48. The largest absolute Gasteiger partial charge is 0.443 e. The molecule has 210 valence electrons. The summed E-state index contributed by atoms with van der Waals surface area (Å²) in [7, 11) is 0. The number of hydrogen-bond donors (Lipinski definition) is 0. The van der Waals surface area contributed by atoms with Gasteiger partial charge in [-0.25, -0.2) is 15.0 Å². The molecule has 0 spiro atoms. The molecule has 4 heteroatoms. The molecule has 4 fully saturated rings. The molecule has 0 atom stereocenters. The lowest BCUT2D eigenvalue weighted by atomic mass is 9.48. The second kappa shape index (κ2) is 9.74. The van der Waals surface area contributed by atoms with Gasteiger partial charge in [-0.05, 0) is 85.0 Å². The Morgan fingerprint density at radius 1 is 0.581 bits per heavy atom. The van der Waals surface area contributed by atoms with Crippen LogP contribution < -0.4 is 0 Å². The van der Waals surface area contributed by atoms with E-state index in [1.165, 1.54) is 44.1 Å². The van der Waals surface area contributed by atoms with Crippen molar-refractivity contribution in [3.05, 3.63) is 115 Å². The van der Waals surface area contributed by atoms with E-state index in [2.05, 4.69) is 78.9 Å². The zero-order valence-electron chi connectivity index (χ0n) is 24.1. The van der Waals surface area contributed by atoms with E-state index in [0.29, 0.717) is 0 Å². The Bertz CT molecular complexity index is 1870. The van der Waals surface area contributed by atoms with Crippen LogP contribution >= 0.6 is 0 Å². The van der Waals surface area contributed by atoms with E-state index < -0.39 is 0 Å². The number of hydrogen-bond acceptors (Lipinski definition) is 4. The monoisotopic (exact) mass is 559 g/mol. The maximum Gasteiger partial charge on any atom is 0.182 e. The molecular formula is C39H33N3O. The third-order valence-electron chi connectivity index (χ3n) is 10.4. The van der Waals surface area contributed by atoms with Crippen molar-refractivity contribution >= 4 is 11.1 Å². The quantitative estimate of drug-likeness (QED) is 0.211. The minimum absolute atomic E-state index is 0.271. The van der Waals surface area contributed by atoms with E-state index in [9.17, 15) is 0 Å². The Balaban J connectivity index is 1.14. The van der Waals surface area contributed by atoms with Gasteiger partial charge in [0.1, 0.15) is 5.52 Å². The molecule has 43 heavy (non-hydrogen) atoms. The Hall–Kier alpha value is -4.57. The minimum Gasteiger partial charge on any atom is -0.443 e. The predicted octanol–water partition coefficient (Wildman–Crippen LogP) is 9.75. The average Bonchev–Trinajstić information content (AvgIpc) is 3.55. The Labute approximate surface area is 251 Å². The average molecular weight is 560 g/mol. The maximum atomic E-state index is 6.17. The van der Waals surface area contributed by atoms with Crippen LogP contribution in [-0.2, 0) is 5.41 Å². The number of oxazole rings is 1. The SMILES string of the molecule is c1ccc(-c2cc(-c3cccc(-c4ccc(C56CC7CC(CC(C7)C5)C6)c5ncoc45)c3)nc(-c3ccccc3)n2)cc1. The lowest BCUT2D eigenvalue weighted by Gasteiger charge is -2.57. The van der Waals surface area contributed by atoms with Crippen molar-refractivity contribution in [2.75, 3.05) is 0 Å². The van der Waals surface area contributed by atoms with Crippen LogP contribution in [0.1, 0.15) is 44.1 Å². The van der Waals surface area contributed by atoms with Gasteiger partial charge in [-0.2, -0.15) is 0 Å². The van der Waals surface area contributed by atoms with Crippen LogP contribution in [0.3, 0.4) is 0 Å². The van der Waals surface area contributed by atoms with Gasteiger partial charge < -0.3 is 4.42 Å². The van der Waals surface area contributed by atoms with Gasteiger partial charge in [0.2, 0.25) is 0 Å². The zero-order chi connectivity index (χ0) is 28.4. The summed E-state index contributed by atoms with van der Waals surface area (Å²) in [5.41, 5.74) is 10.8. The number of aromatic nitrogens is 3. The van der Waals surface area contributed by atoms with Gasteiger partial charge in [-0.1, -0.05) is 91.0 Å². The molecule has 0 amide bonds. The minimum atomic E-state index is 0.271. The first-order valence-corrected chi connectivity index (χ1v) is 15.7. The molecule has 4 aromatic carbocycles. The number of benzene rings is 4. The Morgan fingerprint density at radius 2 is 1.19 bits per heavy atom. The molecule has 0 saturated heterocycles. The van der Waals surface area contributed by atoms with Crippen LogP contribution in [0.5, 0.6) is 0 Å². The van der Waals surface area contributed by atoms with Crippen LogP contribution in [0.2, 0.25) is 0 Å². The summed E-state index contributed by atoms with van der Waals surface area (Å²) < 4.78 is 6.17. The number of nitrogens with zero attached hydrogens (tertiary/aromatic N) is 3. The van der Waals surface area contributed by atoms with Crippen LogP contribution in [-0.4, -0.2) is 15.0 Å². The van der Waals surface area contributed by atoms with Gasteiger partial charge in [0.05, 0.1) is 11.4 Å². The first-order chi connectivity index (χ1) is 21.2. The summed E-state index contributed by atoms with van der Waals surface area (Å²) in [5.74, 6) is 3.39. The summed E-state index contributed by atoms with van der Waals surface area (Å²) in [4.78, 5) is 14.9. The summed E-state index contributed by atoms with van der Waals surface area (Å²) in [5, 5.41) is 0. The summed E-state index contributed by atoms with van der Waals surface area (Å²) in [6.45, 7) is 0. The first-order valence-electron chi connectivity index (χ1n) is 15.7. The fourth-order valence-electron chi connectivity index (χ4n) is 8.96. The highest BCUT2D eigenvalue weighted by Crippen LogP contribution is 2.61. The van der Waals surface area contributed by atoms with Crippen molar-refractivity contribution in [1.29, 1.82) is 0 Å². The summed E-state index contributed by atoms with van der Waals surface area (Å²) in [6, 6.07) is 36.0. The van der Waals surface area contributed by atoms with Gasteiger partial charge in [0.15, 0.2) is 17.8 Å². The van der Waals surface area contributed by atoms with Crippen molar-refractivity contribution in [1.82, 2.24) is 15.0 Å². The molecule has 0 aliphatic heterocycles. The van der Waals surface area contributed by atoms with Gasteiger partial charge >= 0.3 is 0 Å². The van der Waals surface area contributed by atoms with E-state index >= 15 is 0 Å². The third-order valence-corrected chi connectivity index (χ3v) is 10.4. The van der Waals surface area contributed by atoms with E-state index in [4.69, 9.17) is 19.4 Å². The molecule has 4 aliphatic carbocycles. The highest BCUT2D eigenvalue weighted by molar-refractivity contribution is 5.93. The van der Waals surface area contributed by atoms with Gasteiger partial charge in [0.25, 0.3) is 0 Å². The molecule has 6 aromatic rings. The normalized spacial score (nSPS) is 24.0. The van der Waals surface area contributed by atoms with Crippen LogP contribution in [0.15, 0.2) is 114 Å². The molecule has 2 aromatic heterocycles. The predicted molar refractivity (Wildman–Crippen MR) is 171 cm³/mol. The molecule has 4 bridgehead atoms. The Morgan fingerprint density at radius 3 is 1.88 bits per heavy atom. The molecule has 10 rings (SSSR count). The number of rotatable bonds is 5. The molecule has 4 saturated carbocycles. The van der Waals surface area contributed by atoms with Crippen LogP contribution in [0, 0.1) is 17.8 Å². The standard InChI is InChI=1S/C39H33N3O/c1-3-8-28(9-4-1)34-20-35(42-38(41-34)29-10-5-2-6-11-29)31-13-7-12-30(19-31)32-14-15-33(36-37(32)43-24-40-36)39-21-25-16-26(22-39)18-27(17-25)23-39/h1-15,19-20,24-27H,16-18,21-23H2. The second-order valence-electron chi connectivity index (χ2n) is 13.2. The Kier molecular flexibility index (Phi) is 5.65. The van der Waals surface area contributed by atoms with Crippen molar-refractivity contribution in [2.45, 2.75) is 43.9 Å². The van der Waals surface area contributed by atoms with Crippen molar-refractivity contribution in [2.24, 2.45) is 17.8 Å². The molecule has 0 N–H and O–H groups in total. The summed E-state index contributed by atoms with van der Waals surface area (Å²) in [6.07, 6.45) is 9.91. The molecule has 0 radical (unpaired) electrons. The van der Waals surface area contributed by atoms with E-state index in [1.807, 2.05) is 24.3 Å². The van der Waals surface area contributed by atoms with Gasteiger partial charge in [0, 0.05) is 22.3 Å². The maximum absolute atomic E-state index is 6.17. The lowest BCUT2D eigenvalue weighted by molar-refractivity contribution is -0.00457. The van der Waals surface area contributed by atoms with E-state index in [1.54, 1.807) is 6.39 Å². The summed E-state index contributed by atoms with van der Waals surface area (Å²) >= 11 is 0. The first kappa shape index (κ1) is 25.0. The molecule has 2 heterocycles. The fraction of sp³-hybridized carbons (Fsp3) is 0.256. The highest BCUT2D eigenvalue weighted by Gasteiger charge is 2.52. The van der Waals surface area contributed by atoms with E-state index in [0.717, 1.165) is 73.9 Å². The fourth-order valence-corrected chi connectivity index (χ4v) is 8.96. The molecule has 4 aliphatic rings. The topological polar surface area (TPSA) is 51.8 Å². The third kappa shape index (κ3) is 4.23. The second-order valence-corrected chi connectivity index (χ2v) is 13.2. The van der Waals surface area contributed by atoms with E-state index in [-0.39, 0.29) is 5.41 Å². The van der Waals surface area contributed by atoms with Crippen molar-refractivity contribution in [3.63, 3.8) is 0 Å². The van der Waals surface area contributed by atoms with Gasteiger partial charge in [-0.3, -0.25) is 0 Å². The van der Waals surface area contributed by atoms with Crippen molar-refractivity contribution in [3.8, 4) is 45.0 Å². The smallest absolute Gasteiger partial charge is 0.182 e. The molecular weight excluding hydrogens is 526 g/mol. The number of fused-ring (bicyclic) bond motifs is 1. The molecule has 4 nitrogen and oxygen atoms in total.